The van der Waals surface area contributed by atoms with Gasteiger partial charge in [-0.05, 0) is 42.2 Å². The van der Waals surface area contributed by atoms with Crippen LogP contribution in [-0.2, 0) is 0 Å². The number of carbonyl (C=O) groups excluding carboxylic acids is 1. The predicted molar refractivity (Wildman–Crippen MR) is 98.0 cm³/mol. The van der Waals surface area contributed by atoms with Crippen molar-refractivity contribution in [1.82, 2.24) is 9.88 Å². The first kappa shape index (κ1) is 17.4. The van der Waals surface area contributed by atoms with E-state index in [-0.39, 0.29) is 17.0 Å². The predicted octanol–water partition coefficient (Wildman–Crippen LogP) is 4.83. The zero-order valence-electron chi connectivity index (χ0n) is 13.9. The molecule has 4 nitrogen and oxygen atoms in total. The summed E-state index contributed by atoms with van der Waals surface area (Å²) >= 11 is 5.84. The quantitative estimate of drug-likeness (QED) is 0.834. The zero-order chi connectivity index (χ0) is 17.8. The van der Waals surface area contributed by atoms with Gasteiger partial charge in [-0.25, -0.2) is 9.18 Å². The Kier molecular flexibility index (Phi) is 5.34. The number of benzene rings is 1. The van der Waals surface area contributed by atoms with E-state index in [2.05, 4.69) is 17.2 Å². The number of likely N-dealkylation sites (tertiary alicyclic amines) is 1. The maximum absolute atomic E-state index is 13.3. The van der Waals surface area contributed by atoms with Crippen LogP contribution in [0.15, 0.2) is 48.3 Å². The van der Waals surface area contributed by atoms with Gasteiger partial charge in [-0.3, -0.25) is 4.98 Å². The molecular formula is C19H19ClFN3O. The number of anilines is 1. The van der Waals surface area contributed by atoms with Gasteiger partial charge in [-0.1, -0.05) is 36.2 Å². The Bertz CT molecular complexity index is 795. The van der Waals surface area contributed by atoms with Gasteiger partial charge in [0.1, 0.15) is 5.82 Å². The topological polar surface area (TPSA) is 45.2 Å². The van der Waals surface area contributed by atoms with E-state index in [4.69, 9.17) is 11.6 Å². The Morgan fingerprint density at radius 1 is 1.44 bits per heavy atom. The monoisotopic (exact) mass is 359 g/mol. The van der Waals surface area contributed by atoms with Gasteiger partial charge in [-0.2, -0.15) is 0 Å². The first-order valence-electron chi connectivity index (χ1n) is 8.14. The summed E-state index contributed by atoms with van der Waals surface area (Å²) in [4.78, 5) is 18.2. The molecule has 1 saturated heterocycles. The average molecular weight is 360 g/mol. The van der Waals surface area contributed by atoms with Gasteiger partial charge in [0.25, 0.3) is 0 Å². The summed E-state index contributed by atoms with van der Waals surface area (Å²) in [6.07, 6.45) is 6.09. The second kappa shape index (κ2) is 7.66. The summed E-state index contributed by atoms with van der Waals surface area (Å²) in [6.45, 7) is 3.35. The lowest BCUT2D eigenvalue weighted by atomic mass is 9.91. The SMILES string of the molecule is CC1CN(C(=O)Nc2cccnc2)CC/C1=C\c1ccc(F)c(Cl)c1. The number of hydrogen-bond acceptors (Lipinski definition) is 2. The Morgan fingerprint density at radius 2 is 2.28 bits per heavy atom. The largest absolute Gasteiger partial charge is 0.324 e. The van der Waals surface area contributed by atoms with Crippen LogP contribution in [0.2, 0.25) is 5.02 Å². The number of rotatable bonds is 2. The van der Waals surface area contributed by atoms with Crippen molar-refractivity contribution in [3.8, 4) is 0 Å². The van der Waals surface area contributed by atoms with Crippen molar-refractivity contribution in [1.29, 1.82) is 0 Å². The molecule has 0 spiro atoms. The Morgan fingerprint density at radius 3 is 2.96 bits per heavy atom. The molecule has 2 heterocycles. The lowest BCUT2D eigenvalue weighted by molar-refractivity contribution is 0.198. The van der Waals surface area contributed by atoms with Crippen LogP contribution in [0.5, 0.6) is 0 Å². The van der Waals surface area contributed by atoms with Crippen LogP contribution >= 0.6 is 11.6 Å². The summed E-state index contributed by atoms with van der Waals surface area (Å²) in [6, 6.07) is 8.17. The molecular weight excluding hydrogens is 341 g/mol. The van der Waals surface area contributed by atoms with E-state index in [1.54, 1.807) is 35.5 Å². The van der Waals surface area contributed by atoms with Crippen molar-refractivity contribution >= 4 is 29.4 Å². The average Bonchev–Trinajstić information content (AvgIpc) is 2.60. The molecule has 130 valence electrons. The summed E-state index contributed by atoms with van der Waals surface area (Å²) in [7, 11) is 0. The Balaban J connectivity index is 1.64. The van der Waals surface area contributed by atoms with Crippen molar-refractivity contribution in [3.63, 3.8) is 0 Å². The highest BCUT2D eigenvalue weighted by Crippen LogP contribution is 2.26. The number of pyridine rings is 1. The maximum Gasteiger partial charge on any atom is 0.321 e. The number of hydrogen-bond donors (Lipinski definition) is 1. The minimum atomic E-state index is -0.418. The van der Waals surface area contributed by atoms with Crippen molar-refractivity contribution in [2.45, 2.75) is 13.3 Å². The lowest BCUT2D eigenvalue weighted by Crippen LogP contribution is -2.42. The van der Waals surface area contributed by atoms with Crippen LogP contribution < -0.4 is 5.32 Å². The van der Waals surface area contributed by atoms with E-state index in [1.165, 1.54) is 11.6 Å². The van der Waals surface area contributed by atoms with E-state index in [0.717, 1.165) is 12.0 Å². The van der Waals surface area contributed by atoms with Gasteiger partial charge >= 0.3 is 6.03 Å². The third kappa shape index (κ3) is 4.37. The molecule has 3 rings (SSSR count). The minimum absolute atomic E-state index is 0.121. The number of nitrogens with one attached hydrogen (secondary N) is 1. The fourth-order valence-corrected chi connectivity index (χ4v) is 3.09. The molecule has 25 heavy (non-hydrogen) atoms. The van der Waals surface area contributed by atoms with E-state index < -0.39 is 5.82 Å². The molecule has 2 amide bonds. The van der Waals surface area contributed by atoms with Gasteiger partial charge in [0, 0.05) is 19.3 Å². The normalized spacial score (nSPS) is 19.1. The molecule has 1 unspecified atom stereocenters. The number of amides is 2. The molecule has 1 aromatic heterocycles. The van der Waals surface area contributed by atoms with Crippen LogP contribution in [0.1, 0.15) is 18.9 Å². The van der Waals surface area contributed by atoms with Gasteiger partial charge < -0.3 is 10.2 Å². The number of aromatic nitrogens is 1. The van der Waals surface area contributed by atoms with E-state index >= 15 is 0 Å². The van der Waals surface area contributed by atoms with Crippen LogP contribution in [-0.4, -0.2) is 29.0 Å². The second-order valence-corrected chi connectivity index (χ2v) is 6.57. The van der Waals surface area contributed by atoms with Gasteiger partial charge in [0.05, 0.1) is 16.9 Å². The van der Waals surface area contributed by atoms with Crippen molar-refractivity contribution in [3.05, 3.63) is 64.7 Å². The Labute approximate surface area is 151 Å². The fourth-order valence-electron chi connectivity index (χ4n) is 2.90. The molecule has 1 atom stereocenters. The summed E-state index contributed by atoms with van der Waals surface area (Å²) < 4.78 is 13.3. The van der Waals surface area contributed by atoms with E-state index in [9.17, 15) is 9.18 Å². The molecule has 0 bridgehead atoms. The molecule has 6 heteroatoms. The molecule has 1 fully saturated rings. The number of piperidine rings is 1. The van der Waals surface area contributed by atoms with Crippen molar-refractivity contribution < 1.29 is 9.18 Å². The molecule has 1 N–H and O–H groups in total. The number of nitrogens with zero attached hydrogens (tertiary/aromatic N) is 2. The third-order valence-corrected chi connectivity index (χ3v) is 4.58. The number of urea groups is 1. The molecule has 1 aromatic carbocycles. The highest BCUT2D eigenvalue weighted by molar-refractivity contribution is 6.30. The molecule has 1 aliphatic heterocycles. The van der Waals surface area contributed by atoms with E-state index in [0.29, 0.717) is 18.8 Å². The molecule has 0 saturated carbocycles. The minimum Gasteiger partial charge on any atom is -0.324 e. The van der Waals surface area contributed by atoms with Crippen LogP contribution in [0.3, 0.4) is 0 Å². The summed E-state index contributed by atoms with van der Waals surface area (Å²) in [5.74, 6) is -0.198. The molecule has 1 aliphatic rings. The molecule has 0 aliphatic carbocycles. The van der Waals surface area contributed by atoms with E-state index in [1.807, 2.05) is 12.1 Å². The van der Waals surface area contributed by atoms with Gasteiger partial charge in [-0.15, -0.1) is 0 Å². The third-order valence-electron chi connectivity index (χ3n) is 4.29. The van der Waals surface area contributed by atoms with Crippen LogP contribution in [0.4, 0.5) is 14.9 Å². The zero-order valence-corrected chi connectivity index (χ0v) is 14.6. The van der Waals surface area contributed by atoms with Gasteiger partial charge in [0.15, 0.2) is 0 Å². The Hall–Kier alpha value is -2.40. The smallest absolute Gasteiger partial charge is 0.321 e. The summed E-state index contributed by atoms with van der Waals surface area (Å²) in [5, 5.41) is 2.98. The highest BCUT2D eigenvalue weighted by atomic mass is 35.5. The molecule has 2 aromatic rings. The second-order valence-electron chi connectivity index (χ2n) is 6.16. The van der Waals surface area contributed by atoms with Crippen LogP contribution in [0.25, 0.3) is 6.08 Å². The molecule has 0 radical (unpaired) electrons. The lowest BCUT2D eigenvalue weighted by Gasteiger charge is -2.33. The fraction of sp³-hybridized carbons (Fsp3) is 0.263. The standard InChI is InChI=1S/C19H19ClFN3O/c1-13-12-24(19(25)23-16-3-2-7-22-11-16)8-6-15(13)9-14-4-5-18(21)17(20)10-14/h2-5,7,9-11,13H,6,8,12H2,1H3,(H,23,25)/b15-9+. The van der Waals surface area contributed by atoms with Gasteiger partial charge in [0.2, 0.25) is 0 Å². The number of halogens is 2. The highest BCUT2D eigenvalue weighted by Gasteiger charge is 2.24. The van der Waals surface area contributed by atoms with Crippen molar-refractivity contribution in [2.24, 2.45) is 5.92 Å². The first-order valence-corrected chi connectivity index (χ1v) is 8.52. The van der Waals surface area contributed by atoms with Crippen molar-refractivity contribution in [2.75, 3.05) is 18.4 Å². The number of carbonyl (C=O) groups is 1. The maximum atomic E-state index is 13.3. The van der Waals surface area contributed by atoms with Crippen LogP contribution in [0, 0.1) is 11.7 Å². The summed E-state index contributed by atoms with van der Waals surface area (Å²) in [5.41, 5.74) is 2.79. The first-order chi connectivity index (χ1) is 12.0.